The van der Waals surface area contributed by atoms with Crippen LogP contribution in [-0.2, 0) is 0 Å². The van der Waals surface area contributed by atoms with Crippen LogP contribution in [0.5, 0.6) is 0 Å². The van der Waals surface area contributed by atoms with Crippen molar-refractivity contribution in [1.29, 1.82) is 0 Å². The third-order valence-electron chi connectivity index (χ3n) is 4.34. The normalized spacial score (nSPS) is 28.2. The van der Waals surface area contributed by atoms with E-state index in [0.29, 0.717) is 11.8 Å². The maximum atomic E-state index is 9.59. The summed E-state index contributed by atoms with van der Waals surface area (Å²) < 4.78 is 0. The van der Waals surface area contributed by atoms with Crippen molar-refractivity contribution in [3.8, 4) is 0 Å². The standard InChI is InChI=1S/C14H22N4O/c19-11-13-10-18(14-15-4-3-5-16-14)9-12(13)8-17-6-1-2-7-17/h3-5,12-13,19H,1-2,6-11H2/t12-,13-/m0/s1. The highest BCUT2D eigenvalue weighted by Crippen LogP contribution is 2.27. The van der Waals surface area contributed by atoms with Gasteiger partial charge >= 0.3 is 0 Å². The third kappa shape index (κ3) is 2.87. The van der Waals surface area contributed by atoms with Crippen molar-refractivity contribution in [3.63, 3.8) is 0 Å². The summed E-state index contributed by atoms with van der Waals surface area (Å²) in [5.41, 5.74) is 0. The van der Waals surface area contributed by atoms with E-state index in [-0.39, 0.29) is 6.61 Å². The monoisotopic (exact) mass is 262 g/mol. The fraction of sp³-hybridized carbons (Fsp3) is 0.714. The average Bonchev–Trinajstić information content (AvgIpc) is 3.10. The summed E-state index contributed by atoms with van der Waals surface area (Å²) in [7, 11) is 0. The van der Waals surface area contributed by atoms with Crippen molar-refractivity contribution in [3.05, 3.63) is 18.5 Å². The minimum absolute atomic E-state index is 0.266. The maximum Gasteiger partial charge on any atom is 0.225 e. The smallest absolute Gasteiger partial charge is 0.225 e. The molecule has 0 spiro atoms. The van der Waals surface area contributed by atoms with Crippen LogP contribution >= 0.6 is 0 Å². The zero-order chi connectivity index (χ0) is 13.1. The maximum absolute atomic E-state index is 9.59. The molecule has 104 valence electrons. The van der Waals surface area contributed by atoms with Crippen LogP contribution in [0, 0.1) is 11.8 Å². The Morgan fingerprint density at radius 3 is 2.47 bits per heavy atom. The Bertz CT molecular complexity index is 394. The van der Waals surface area contributed by atoms with Gasteiger partial charge in [-0.1, -0.05) is 0 Å². The summed E-state index contributed by atoms with van der Waals surface area (Å²) in [6.07, 6.45) is 6.21. The molecule has 2 aliphatic heterocycles. The van der Waals surface area contributed by atoms with Gasteiger partial charge in [-0.25, -0.2) is 9.97 Å². The van der Waals surface area contributed by atoms with Gasteiger partial charge < -0.3 is 14.9 Å². The van der Waals surface area contributed by atoms with Gasteiger partial charge in [-0.15, -0.1) is 0 Å². The molecule has 3 heterocycles. The van der Waals surface area contributed by atoms with E-state index in [0.717, 1.165) is 25.6 Å². The fourth-order valence-electron chi connectivity index (χ4n) is 3.27. The average molecular weight is 262 g/mol. The molecule has 2 atom stereocenters. The van der Waals surface area contributed by atoms with Crippen LogP contribution in [0.4, 0.5) is 5.95 Å². The van der Waals surface area contributed by atoms with Crippen LogP contribution in [-0.4, -0.2) is 59.3 Å². The number of nitrogens with zero attached hydrogens (tertiary/aromatic N) is 4. The second-order valence-corrected chi connectivity index (χ2v) is 5.66. The topological polar surface area (TPSA) is 52.5 Å². The number of aliphatic hydroxyl groups is 1. The van der Waals surface area contributed by atoms with Crippen molar-refractivity contribution in [2.75, 3.05) is 44.2 Å². The Kier molecular flexibility index (Phi) is 3.94. The molecule has 1 aromatic heterocycles. The van der Waals surface area contributed by atoms with E-state index >= 15 is 0 Å². The molecule has 3 rings (SSSR count). The number of anilines is 1. The van der Waals surface area contributed by atoms with Gasteiger partial charge in [0.25, 0.3) is 0 Å². The molecule has 5 heteroatoms. The predicted molar refractivity (Wildman–Crippen MR) is 74.0 cm³/mol. The number of hydrogen-bond donors (Lipinski definition) is 1. The van der Waals surface area contributed by atoms with Gasteiger partial charge in [-0.05, 0) is 37.9 Å². The molecular formula is C14H22N4O. The van der Waals surface area contributed by atoms with E-state index in [1.54, 1.807) is 12.4 Å². The van der Waals surface area contributed by atoms with Gasteiger partial charge in [0, 0.05) is 44.6 Å². The van der Waals surface area contributed by atoms with E-state index in [9.17, 15) is 5.11 Å². The van der Waals surface area contributed by atoms with Crippen LogP contribution in [0.2, 0.25) is 0 Å². The Morgan fingerprint density at radius 1 is 1.11 bits per heavy atom. The van der Waals surface area contributed by atoms with Gasteiger partial charge in [-0.2, -0.15) is 0 Å². The molecule has 0 radical (unpaired) electrons. The molecule has 2 aliphatic rings. The lowest BCUT2D eigenvalue weighted by Crippen LogP contribution is -2.32. The van der Waals surface area contributed by atoms with Crippen molar-refractivity contribution in [2.45, 2.75) is 12.8 Å². The SMILES string of the molecule is OC[C@@H]1CN(c2ncccn2)C[C@@H]1CN1CCCC1. The van der Waals surface area contributed by atoms with E-state index in [1.807, 2.05) is 6.07 Å². The van der Waals surface area contributed by atoms with Gasteiger partial charge in [0.1, 0.15) is 0 Å². The number of likely N-dealkylation sites (tertiary alicyclic amines) is 1. The highest BCUT2D eigenvalue weighted by Gasteiger charge is 2.34. The summed E-state index contributed by atoms with van der Waals surface area (Å²) in [6, 6.07) is 1.84. The lowest BCUT2D eigenvalue weighted by Gasteiger charge is -2.22. The first-order valence-corrected chi connectivity index (χ1v) is 7.22. The van der Waals surface area contributed by atoms with Gasteiger partial charge in [0.2, 0.25) is 5.95 Å². The lowest BCUT2D eigenvalue weighted by atomic mass is 9.96. The van der Waals surface area contributed by atoms with Gasteiger partial charge in [0.05, 0.1) is 0 Å². The number of rotatable bonds is 4. The first kappa shape index (κ1) is 12.8. The molecule has 0 bridgehead atoms. The van der Waals surface area contributed by atoms with Crippen LogP contribution in [0.15, 0.2) is 18.5 Å². The van der Waals surface area contributed by atoms with Crippen LogP contribution < -0.4 is 4.90 Å². The Balaban J connectivity index is 1.64. The fourth-order valence-corrected chi connectivity index (χ4v) is 3.27. The quantitative estimate of drug-likeness (QED) is 0.862. The minimum atomic E-state index is 0.266. The molecule has 0 unspecified atom stereocenters. The molecule has 2 saturated heterocycles. The molecule has 1 N–H and O–H groups in total. The van der Waals surface area contributed by atoms with Crippen LogP contribution in [0.25, 0.3) is 0 Å². The third-order valence-corrected chi connectivity index (χ3v) is 4.34. The summed E-state index contributed by atoms with van der Waals surface area (Å²) >= 11 is 0. The lowest BCUT2D eigenvalue weighted by molar-refractivity contribution is 0.176. The minimum Gasteiger partial charge on any atom is -0.396 e. The second-order valence-electron chi connectivity index (χ2n) is 5.66. The zero-order valence-corrected chi connectivity index (χ0v) is 11.3. The second kappa shape index (κ2) is 5.84. The molecule has 0 aromatic carbocycles. The van der Waals surface area contributed by atoms with Gasteiger partial charge in [0.15, 0.2) is 0 Å². The highest BCUT2D eigenvalue weighted by molar-refractivity contribution is 5.31. The van der Waals surface area contributed by atoms with E-state index in [4.69, 9.17) is 0 Å². The van der Waals surface area contributed by atoms with Crippen molar-refractivity contribution >= 4 is 5.95 Å². The zero-order valence-electron chi connectivity index (χ0n) is 11.3. The predicted octanol–water partition coefficient (Wildman–Crippen LogP) is 0.617. The number of hydrogen-bond acceptors (Lipinski definition) is 5. The Labute approximate surface area is 114 Å². The Morgan fingerprint density at radius 2 is 1.79 bits per heavy atom. The number of aromatic nitrogens is 2. The van der Waals surface area contributed by atoms with Crippen LogP contribution in [0.3, 0.4) is 0 Å². The first-order chi connectivity index (χ1) is 9.36. The molecule has 0 amide bonds. The van der Waals surface area contributed by atoms with E-state index < -0.39 is 0 Å². The number of aliphatic hydroxyl groups excluding tert-OH is 1. The molecule has 1 aromatic rings. The molecule has 0 aliphatic carbocycles. The summed E-state index contributed by atoms with van der Waals surface area (Å²) in [5, 5.41) is 9.59. The van der Waals surface area contributed by atoms with Gasteiger partial charge in [-0.3, -0.25) is 0 Å². The largest absolute Gasteiger partial charge is 0.396 e. The molecule has 0 saturated carbocycles. The van der Waals surface area contributed by atoms with Crippen LogP contribution in [0.1, 0.15) is 12.8 Å². The van der Waals surface area contributed by atoms with Crippen molar-refractivity contribution in [2.24, 2.45) is 11.8 Å². The summed E-state index contributed by atoms with van der Waals surface area (Å²) in [5.74, 6) is 1.68. The van der Waals surface area contributed by atoms with Crippen molar-refractivity contribution in [1.82, 2.24) is 14.9 Å². The highest BCUT2D eigenvalue weighted by atomic mass is 16.3. The molecular weight excluding hydrogens is 240 g/mol. The molecule has 19 heavy (non-hydrogen) atoms. The van der Waals surface area contributed by atoms with E-state index in [1.165, 1.54) is 25.9 Å². The van der Waals surface area contributed by atoms with E-state index in [2.05, 4.69) is 19.8 Å². The molecule has 2 fully saturated rings. The van der Waals surface area contributed by atoms with Crippen molar-refractivity contribution < 1.29 is 5.11 Å². The first-order valence-electron chi connectivity index (χ1n) is 7.22. The molecule has 5 nitrogen and oxygen atoms in total. The summed E-state index contributed by atoms with van der Waals surface area (Å²) in [4.78, 5) is 13.4. The Hall–Kier alpha value is -1.20. The summed E-state index contributed by atoms with van der Waals surface area (Å²) in [6.45, 7) is 5.65.